The molecule has 3 saturated heterocycles. The molecular formula is C44H54Br2N8O8S2. The van der Waals surface area contributed by atoms with Crippen molar-refractivity contribution in [2.24, 2.45) is 11.8 Å². The minimum Gasteiger partial charge on any atom is -0.453 e. The van der Waals surface area contributed by atoms with Crippen molar-refractivity contribution in [3.8, 4) is 21.1 Å². The summed E-state index contributed by atoms with van der Waals surface area (Å²) >= 11 is 11.0. The molecular weight excluding hydrogens is 992 g/mol. The molecule has 9 rings (SSSR count). The second kappa shape index (κ2) is 19.6. The first-order chi connectivity index (χ1) is 31.1. The maximum absolute atomic E-state index is 14.7. The third-order valence-corrected chi connectivity index (χ3v) is 17.9. The van der Waals surface area contributed by atoms with E-state index in [0.29, 0.717) is 51.4 Å². The van der Waals surface area contributed by atoms with Gasteiger partial charge in [-0.05, 0) is 143 Å². The number of methoxy groups -OCH3 is 3. The minimum atomic E-state index is -0.981. The molecule has 4 aromatic heterocycles. The number of ether oxygens (including phenoxy) is 4. The number of carbonyl (C=O) groups excluding carboxylic acids is 4. The number of H-pyrrole nitrogens is 2. The molecule has 4 aromatic rings. The van der Waals surface area contributed by atoms with Crippen LogP contribution >= 0.6 is 54.5 Å². The van der Waals surface area contributed by atoms with Crippen molar-refractivity contribution >= 4 is 78.5 Å². The molecule has 4 N–H and O–H groups in total. The Hall–Kier alpha value is -3.82. The SMILES string of the molecule is COC(=O)NC(C(=O)N1CCC[C@H]1c1ncc(-c2sc(Br)c3c2CC(C[C@@H](OC)[C@H](NC(=O)OC)C(=O)N2CCCC2c2ncc(-c4sc(Br)c5c4CCC5)[nH]2)C3)[nH]1)C1CCOCC1. The predicted octanol–water partition coefficient (Wildman–Crippen LogP) is 7.63. The monoisotopic (exact) mass is 1040 g/mol. The fraction of sp³-hybridized carbons (Fsp3) is 0.591. The number of rotatable bonds is 13. The Morgan fingerprint density at radius 1 is 0.766 bits per heavy atom. The van der Waals surface area contributed by atoms with E-state index in [9.17, 15) is 19.2 Å². The maximum Gasteiger partial charge on any atom is 0.407 e. The van der Waals surface area contributed by atoms with Crippen LogP contribution in [0.3, 0.4) is 0 Å². The number of carbonyl (C=O) groups is 4. The number of nitrogens with zero attached hydrogens (tertiary/aromatic N) is 4. The predicted molar refractivity (Wildman–Crippen MR) is 247 cm³/mol. The molecule has 0 spiro atoms. The van der Waals surface area contributed by atoms with E-state index < -0.39 is 30.4 Å². The Morgan fingerprint density at radius 3 is 1.95 bits per heavy atom. The van der Waals surface area contributed by atoms with Gasteiger partial charge in [-0.3, -0.25) is 9.59 Å². The lowest BCUT2D eigenvalue weighted by molar-refractivity contribution is -0.138. The topological polar surface area (TPSA) is 193 Å². The zero-order chi connectivity index (χ0) is 44.6. The van der Waals surface area contributed by atoms with Crippen LogP contribution in [0.25, 0.3) is 21.1 Å². The average molecular weight is 1050 g/mol. The molecule has 16 nitrogen and oxygen atoms in total. The first-order valence-electron chi connectivity index (χ1n) is 22.2. The van der Waals surface area contributed by atoms with Crippen molar-refractivity contribution in [3.05, 3.63) is 53.9 Å². The van der Waals surface area contributed by atoms with Gasteiger partial charge in [0.25, 0.3) is 0 Å². The number of hydrogen-bond donors (Lipinski definition) is 4. The van der Waals surface area contributed by atoms with Crippen LogP contribution in [0, 0.1) is 11.8 Å². The summed E-state index contributed by atoms with van der Waals surface area (Å²) in [5.74, 6) is 1.16. The first kappa shape index (κ1) is 45.3. The summed E-state index contributed by atoms with van der Waals surface area (Å²) in [5, 5.41) is 5.68. The van der Waals surface area contributed by atoms with Gasteiger partial charge in [0, 0.05) is 33.4 Å². The summed E-state index contributed by atoms with van der Waals surface area (Å²) in [6.45, 7) is 2.19. The first-order valence-corrected chi connectivity index (χ1v) is 25.4. The summed E-state index contributed by atoms with van der Waals surface area (Å²) in [6, 6.07) is -2.23. The quantitative estimate of drug-likeness (QED) is 0.104. The highest BCUT2D eigenvalue weighted by Gasteiger charge is 2.43. The number of alkyl carbamates (subject to hydrolysis) is 2. The number of aromatic amines is 2. The third-order valence-electron chi connectivity index (χ3n) is 13.8. The number of aromatic nitrogens is 4. The molecule has 3 aliphatic heterocycles. The van der Waals surface area contributed by atoms with Crippen LogP contribution < -0.4 is 10.6 Å². The Morgan fingerprint density at radius 2 is 1.33 bits per heavy atom. The van der Waals surface area contributed by atoms with Crippen molar-refractivity contribution in [1.82, 2.24) is 40.4 Å². The summed E-state index contributed by atoms with van der Waals surface area (Å²) < 4.78 is 23.8. The molecule has 0 aromatic carbocycles. The van der Waals surface area contributed by atoms with Gasteiger partial charge in [0.05, 0.1) is 73.5 Å². The van der Waals surface area contributed by atoms with E-state index in [2.05, 4.69) is 52.5 Å². The Balaban J connectivity index is 0.896. The van der Waals surface area contributed by atoms with Crippen molar-refractivity contribution < 1.29 is 38.1 Å². The lowest BCUT2D eigenvalue weighted by Crippen LogP contribution is -2.55. The number of imidazole rings is 2. The number of likely N-dealkylation sites (tertiary alicyclic amines) is 2. The van der Waals surface area contributed by atoms with Gasteiger partial charge < -0.3 is 49.3 Å². The molecule has 64 heavy (non-hydrogen) atoms. The molecule has 344 valence electrons. The largest absolute Gasteiger partial charge is 0.453 e. The summed E-state index contributed by atoms with van der Waals surface area (Å²) in [5.41, 5.74) is 7.02. The van der Waals surface area contributed by atoms with Crippen LogP contribution in [0.4, 0.5) is 9.59 Å². The van der Waals surface area contributed by atoms with Gasteiger partial charge in [-0.25, -0.2) is 19.6 Å². The molecule has 7 heterocycles. The normalized spacial score (nSPS) is 22.3. The molecule has 3 fully saturated rings. The summed E-state index contributed by atoms with van der Waals surface area (Å²) in [6.07, 6.45) is 11.5. The minimum absolute atomic E-state index is 0.0530. The second-order valence-electron chi connectivity index (χ2n) is 17.4. The van der Waals surface area contributed by atoms with Crippen LogP contribution in [0.5, 0.6) is 0 Å². The number of halogens is 2. The Kier molecular flexibility index (Phi) is 13.9. The fourth-order valence-corrected chi connectivity index (χ4v) is 14.6. The molecule has 4 amide bonds. The highest BCUT2D eigenvalue weighted by atomic mass is 79.9. The van der Waals surface area contributed by atoms with Crippen LogP contribution in [0.15, 0.2) is 20.0 Å². The van der Waals surface area contributed by atoms with Crippen molar-refractivity contribution in [2.45, 2.75) is 107 Å². The molecule has 0 saturated carbocycles. The highest BCUT2D eigenvalue weighted by Crippen LogP contribution is 2.48. The smallest absolute Gasteiger partial charge is 0.407 e. The Labute approximate surface area is 396 Å². The molecule has 2 aliphatic carbocycles. The van der Waals surface area contributed by atoms with E-state index in [1.54, 1.807) is 29.8 Å². The van der Waals surface area contributed by atoms with Crippen LogP contribution in [-0.4, -0.2) is 120 Å². The van der Waals surface area contributed by atoms with Gasteiger partial charge >= 0.3 is 12.2 Å². The van der Waals surface area contributed by atoms with Gasteiger partial charge in [0.2, 0.25) is 11.8 Å². The van der Waals surface area contributed by atoms with Crippen molar-refractivity contribution in [1.29, 1.82) is 0 Å². The lowest BCUT2D eigenvalue weighted by Gasteiger charge is -2.34. The molecule has 6 atom stereocenters. The number of nitrogens with one attached hydrogen (secondary N) is 4. The fourth-order valence-electron chi connectivity index (χ4n) is 10.6. The van der Waals surface area contributed by atoms with Crippen LogP contribution in [-0.2, 0) is 54.2 Å². The van der Waals surface area contributed by atoms with Crippen LogP contribution in [0.2, 0.25) is 0 Å². The zero-order valence-electron chi connectivity index (χ0n) is 36.1. The maximum atomic E-state index is 14.7. The molecule has 0 bridgehead atoms. The average Bonchev–Trinajstić information content (AvgIpc) is 4.16. The molecule has 3 unspecified atom stereocenters. The van der Waals surface area contributed by atoms with E-state index >= 15 is 0 Å². The van der Waals surface area contributed by atoms with Gasteiger partial charge in [0.1, 0.15) is 23.7 Å². The van der Waals surface area contributed by atoms with Gasteiger partial charge in [-0.2, -0.15) is 0 Å². The van der Waals surface area contributed by atoms with E-state index in [1.165, 1.54) is 45.1 Å². The van der Waals surface area contributed by atoms with Gasteiger partial charge in [-0.1, -0.05) is 0 Å². The van der Waals surface area contributed by atoms with Crippen LogP contribution in [0.1, 0.15) is 97.4 Å². The standard InChI is InChI=1S/C44H54Br2N8O8S2/c1-59-32(34(52-44(58)61-3)42(56)54-14-6-10-31(54)40-47-20-28(49-40)35-24-7-4-8-25(24)37(45)63-35)19-22-17-26-27(18-22)38(46)64-36(26)29-21-48-39(50-29)30-9-5-13-53(30)41(55)33(51-43(57)60-2)23-11-15-62-16-12-23/h20-23,30-34H,4-19H2,1-3H3,(H,47,49)(H,48,50)(H,51,57)(H,52,58)/t22?,30-,31?,32+,33?,34-/m0/s1. The molecule has 5 aliphatic rings. The second-order valence-corrected chi connectivity index (χ2v) is 22.1. The lowest BCUT2D eigenvalue weighted by atomic mass is 9.90. The highest BCUT2D eigenvalue weighted by molar-refractivity contribution is 9.11. The van der Waals surface area contributed by atoms with Crippen molar-refractivity contribution in [2.75, 3.05) is 47.6 Å². The zero-order valence-corrected chi connectivity index (χ0v) is 40.9. The summed E-state index contributed by atoms with van der Waals surface area (Å²) in [4.78, 5) is 76.8. The van der Waals surface area contributed by atoms with E-state index in [4.69, 9.17) is 28.9 Å². The summed E-state index contributed by atoms with van der Waals surface area (Å²) in [7, 11) is 4.19. The number of thiophene rings is 2. The number of amides is 4. The van der Waals surface area contributed by atoms with E-state index in [0.717, 1.165) is 83.7 Å². The van der Waals surface area contributed by atoms with Gasteiger partial charge in [-0.15, -0.1) is 22.7 Å². The number of fused-ring (bicyclic) bond motifs is 2. The molecule has 0 radical (unpaired) electrons. The molecule has 20 heteroatoms. The third kappa shape index (κ3) is 8.90. The van der Waals surface area contributed by atoms with E-state index in [-0.39, 0.29) is 35.7 Å². The van der Waals surface area contributed by atoms with Gasteiger partial charge in [0.15, 0.2) is 0 Å². The van der Waals surface area contributed by atoms with E-state index in [1.807, 2.05) is 22.2 Å². The number of hydrogen-bond acceptors (Lipinski definition) is 12. The van der Waals surface area contributed by atoms with Crippen molar-refractivity contribution in [3.63, 3.8) is 0 Å². The Bertz CT molecular complexity index is 2380.